The molecule has 0 saturated heterocycles. The number of allylic oxidation sites excluding steroid dienone is 1. The van der Waals surface area contributed by atoms with Crippen LogP contribution in [0.3, 0.4) is 0 Å². The van der Waals surface area contributed by atoms with E-state index in [0.29, 0.717) is 24.5 Å². The van der Waals surface area contributed by atoms with Crippen LogP contribution in [0.5, 0.6) is 0 Å². The molecule has 1 aromatic carbocycles. The van der Waals surface area contributed by atoms with Gasteiger partial charge in [-0.2, -0.15) is 5.26 Å². The predicted molar refractivity (Wildman–Crippen MR) is 75.8 cm³/mol. The molecule has 2 aromatic rings. The molecule has 4 nitrogen and oxygen atoms in total. The number of nitriles is 1. The van der Waals surface area contributed by atoms with E-state index in [1.807, 2.05) is 18.2 Å². The first-order valence-corrected chi connectivity index (χ1v) is 6.30. The minimum Gasteiger partial charge on any atom is -0.397 e. The Morgan fingerprint density at radius 1 is 1.10 bits per heavy atom. The van der Waals surface area contributed by atoms with Crippen molar-refractivity contribution in [2.24, 2.45) is 5.73 Å². The highest BCUT2D eigenvalue weighted by atomic mass is 16.5. The summed E-state index contributed by atoms with van der Waals surface area (Å²) in [6, 6.07) is 11.7. The maximum atomic E-state index is 9.37. The first kappa shape index (κ1) is 12.4. The second-order valence-corrected chi connectivity index (χ2v) is 4.61. The highest BCUT2D eigenvalue weighted by molar-refractivity contribution is 5.96. The lowest BCUT2D eigenvalue weighted by Gasteiger charge is -2.08. The molecule has 0 radical (unpaired) electrons. The summed E-state index contributed by atoms with van der Waals surface area (Å²) < 4.78 is 5.39. The van der Waals surface area contributed by atoms with Gasteiger partial charge in [-0.05, 0) is 40.5 Å². The average Bonchev–Trinajstić information content (AvgIpc) is 2.96. The van der Waals surface area contributed by atoms with Gasteiger partial charge in [-0.3, -0.25) is 4.98 Å². The lowest BCUT2D eigenvalue weighted by Crippen LogP contribution is -2.01. The Morgan fingerprint density at radius 2 is 1.85 bits per heavy atom. The second-order valence-electron chi connectivity index (χ2n) is 4.61. The summed E-state index contributed by atoms with van der Waals surface area (Å²) in [5.41, 5.74) is 11.1. The van der Waals surface area contributed by atoms with Crippen LogP contribution in [-0.2, 0) is 18.0 Å². The highest BCUT2D eigenvalue weighted by Gasteiger charge is 2.14. The average molecular weight is 263 g/mol. The minimum atomic E-state index is 0.464. The van der Waals surface area contributed by atoms with Crippen molar-refractivity contribution in [3.8, 4) is 6.07 Å². The van der Waals surface area contributed by atoms with Crippen molar-refractivity contribution in [1.29, 1.82) is 5.26 Å². The molecule has 0 amide bonds. The lowest BCUT2D eigenvalue weighted by atomic mass is 9.99. The van der Waals surface area contributed by atoms with Crippen molar-refractivity contribution >= 4 is 11.3 Å². The Balaban J connectivity index is 2.08. The fourth-order valence-electron chi connectivity index (χ4n) is 2.28. The molecule has 0 unspecified atom stereocenters. The first-order valence-electron chi connectivity index (χ1n) is 6.30. The summed E-state index contributed by atoms with van der Waals surface area (Å²) in [6.07, 6.45) is 3.30. The van der Waals surface area contributed by atoms with Crippen LogP contribution < -0.4 is 5.73 Å². The van der Waals surface area contributed by atoms with E-state index in [1.54, 1.807) is 24.5 Å². The SMILES string of the molecule is N#C/C(=C(/N)c1ccc2c(c1)COC2)c1ccncc1. The zero-order chi connectivity index (χ0) is 13.9. The van der Waals surface area contributed by atoms with E-state index in [9.17, 15) is 5.26 Å². The molecule has 0 saturated carbocycles. The van der Waals surface area contributed by atoms with Gasteiger partial charge in [-0.25, -0.2) is 0 Å². The number of pyridine rings is 1. The van der Waals surface area contributed by atoms with E-state index >= 15 is 0 Å². The summed E-state index contributed by atoms with van der Waals surface area (Å²) in [5.74, 6) is 0. The Hall–Kier alpha value is -2.64. The fourth-order valence-corrected chi connectivity index (χ4v) is 2.28. The van der Waals surface area contributed by atoms with Crippen molar-refractivity contribution in [3.63, 3.8) is 0 Å². The molecule has 1 aliphatic heterocycles. The van der Waals surface area contributed by atoms with Gasteiger partial charge in [0.2, 0.25) is 0 Å². The van der Waals surface area contributed by atoms with Crippen LogP contribution in [0.15, 0.2) is 42.7 Å². The van der Waals surface area contributed by atoms with Crippen LogP contribution in [0.25, 0.3) is 11.3 Å². The van der Waals surface area contributed by atoms with Crippen molar-refractivity contribution in [2.75, 3.05) is 0 Å². The molecular formula is C16H13N3O. The summed E-state index contributed by atoms with van der Waals surface area (Å²) in [4.78, 5) is 3.95. The Labute approximate surface area is 117 Å². The summed E-state index contributed by atoms with van der Waals surface area (Å²) in [7, 11) is 0. The predicted octanol–water partition coefficient (Wildman–Crippen LogP) is 2.46. The number of nitrogens with two attached hydrogens (primary N) is 1. The second kappa shape index (κ2) is 5.16. The molecule has 1 aromatic heterocycles. The molecule has 1 aliphatic rings. The van der Waals surface area contributed by atoms with E-state index in [-0.39, 0.29) is 0 Å². The number of aromatic nitrogens is 1. The van der Waals surface area contributed by atoms with Gasteiger partial charge >= 0.3 is 0 Å². The van der Waals surface area contributed by atoms with E-state index in [1.165, 1.54) is 5.56 Å². The monoisotopic (exact) mass is 263 g/mol. The number of ether oxygens (including phenoxy) is 1. The maximum absolute atomic E-state index is 9.37. The van der Waals surface area contributed by atoms with Crippen LogP contribution in [0.4, 0.5) is 0 Å². The van der Waals surface area contributed by atoms with E-state index in [2.05, 4.69) is 11.1 Å². The van der Waals surface area contributed by atoms with Crippen LogP contribution in [0.2, 0.25) is 0 Å². The van der Waals surface area contributed by atoms with Gasteiger partial charge in [-0.15, -0.1) is 0 Å². The van der Waals surface area contributed by atoms with Crippen LogP contribution in [-0.4, -0.2) is 4.98 Å². The molecule has 0 aliphatic carbocycles. The molecule has 0 bridgehead atoms. The smallest absolute Gasteiger partial charge is 0.102 e. The van der Waals surface area contributed by atoms with Crippen molar-refractivity contribution in [1.82, 2.24) is 4.98 Å². The van der Waals surface area contributed by atoms with Gasteiger partial charge in [0.05, 0.1) is 24.5 Å². The Bertz CT molecular complexity index is 714. The fraction of sp³-hybridized carbons (Fsp3) is 0.125. The Kier molecular flexibility index (Phi) is 3.20. The van der Waals surface area contributed by atoms with Crippen molar-refractivity contribution in [2.45, 2.75) is 13.2 Å². The number of fused-ring (bicyclic) bond motifs is 1. The van der Waals surface area contributed by atoms with Crippen LogP contribution in [0, 0.1) is 11.3 Å². The number of rotatable bonds is 2. The standard InChI is InChI=1S/C16H13N3O/c17-8-15(11-3-5-19-6-4-11)16(18)12-1-2-13-9-20-10-14(13)7-12/h1-7H,9-10,18H2/b16-15-. The van der Waals surface area contributed by atoms with Gasteiger partial charge in [0, 0.05) is 12.4 Å². The van der Waals surface area contributed by atoms with E-state index in [4.69, 9.17) is 10.5 Å². The molecule has 2 N–H and O–H groups in total. The number of hydrogen-bond acceptors (Lipinski definition) is 4. The Morgan fingerprint density at radius 3 is 2.60 bits per heavy atom. The zero-order valence-electron chi connectivity index (χ0n) is 10.8. The van der Waals surface area contributed by atoms with Crippen LogP contribution in [0.1, 0.15) is 22.3 Å². The van der Waals surface area contributed by atoms with Gasteiger partial charge in [0.15, 0.2) is 0 Å². The topological polar surface area (TPSA) is 71.9 Å². The molecule has 0 atom stereocenters. The molecule has 0 spiro atoms. The molecule has 3 rings (SSSR count). The van der Waals surface area contributed by atoms with E-state index < -0.39 is 0 Å². The van der Waals surface area contributed by atoms with Crippen LogP contribution >= 0.6 is 0 Å². The molecule has 4 heteroatoms. The summed E-state index contributed by atoms with van der Waals surface area (Å²) in [5, 5.41) is 9.37. The van der Waals surface area contributed by atoms with Gasteiger partial charge in [-0.1, -0.05) is 12.1 Å². The van der Waals surface area contributed by atoms with E-state index in [0.717, 1.165) is 16.7 Å². The summed E-state index contributed by atoms with van der Waals surface area (Å²) in [6.45, 7) is 1.25. The quantitative estimate of drug-likeness (QED) is 0.845. The van der Waals surface area contributed by atoms with Crippen molar-refractivity contribution in [3.05, 3.63) is 65.0 Å². The molecule has 0 fully saturated rings. The largest absolute Gasteiger partial charge is 0.397 e. The normalized spacial score (nSPS) is 14.3. The third-order valence-corrected chi connectivity index (χ3v) is 3.38. The third kappa shape index (κ3) is 2.15. The molecule has 98 valence electrons. The molecule has 2 heterocycles. The van der Waals surface area contributed by atoms with Gasteiger partial charge in [0.1, 0.15) is 6.07 Å². The number of hydrogen-bond donors (Lipinski definition) is 1. The minimum absolute atomic E-state index is 0.464. The van der Waals surface area contributed by atoms with Gasteiger partial charge in [0.25, 0.3) is 0 Å². The van der Waals surface area contributed by atoms with Gasteiger partial charge < -0.3 is 10.5 Å². The van der Waals surface area contributed by atoms with Crippen molar-refractivity contribution < 1.29 is 4.74 Å². The molecule has 20 heavy (non-hydrogen) atoms. The number of benzene rings is 1. The molecular weight excluding hydrogens is 250 g/mol. The lowest BCUT2D eigenvalue weighted by molar-refractivity contribution is 0.134. The number of nitrogens with zero attached hydrogens (tertiary/aromatic N) is 2. The first-order chi connectivity index (χ1) is 9.79. The summed E-state index contributed by atoms with van der Waals surface area (Å²) >= 11 is 0. The maximum Gasteiger partial charge on any atom is 0.102 e. The third-order valence-electron chi connectivity index (χ3n) is 3.38. The zero-order valence-corrected chi connectivity index (χ0v) is 10.8. The highest BCUT2D eigenvalue weighted by Crippen LogP contribution is 2.26.